The Morgan fingerprint density at radius 2 is 1.90 bits per heavy atom. The molecule has 0 saturated carbocycles. The summed E-state index contributed by atoms with van der Waals surface area (Å²) in [5.41, 5.74) is 9.36. The Balaban J connectivity index is 4.22. The quantitative estimate of drug-likeness (QED) is 0.416. The highest BCUT2D eigenvalue weighted by Crippen LogP contribution is 1.93. The van der Waals surface area contributed by atoms with Crippen LogP contribution >= 0.6 is 0 Å². The number of amides is 1. The van der Waals surface area contributed by atoms with E-state index in [9.17, 15) is 9.59 Å². The van der Waals surface area contributed by atoms with E-state index in [-0.39, 0.29) is 5.57 Å². The van der Waals surface area contributed by atoms with E-state index in [1.54, 1.807) is 0 Å². The SMILES string of the molecule is C=C(C(N)=O)[C@H](N)C(=O)O. The average molecular weight is 144 g/mol. The van der Waals surface area contributed by atoms with Gasteiger partial charge in [-0.25, -0.2) is 0 Å². The first kappa shape index (κ1) is 8.64. The van der Waals surface area contributed by atoms with Crippen LogP contribution in [0.5, 0.6) is 0 Å². The number of carboxylic acid groups (broad SMARTS) is 1. The zero-order valence-corrected chi connectivity index (χ0v) is 5.20. The third-order valence-corrected chi connectivity index (χ3v) is 0.958. The molecule has 0 aliphatic carbocycles. The van der Waals surface area contributed by atoms with Gasteiger partial charge < -0.3 is 16.6 Å². The Bertz CT molecular complexity index is 187. The molecule has 0 radical (unpaired) electrons. The van der Waals surface area contributed by atoms with Gasteiger partial charge in [0.15, 0.2) is 0 Å². The van der Waals surface area contributed by atoms with E-state index in [4.69, 9.17) is 16.6 Å². The fourth-order valence-corrected chi connectivity index (χ4v) is 0.302. The Hall–Kier alpha value is -1.36. The largest absolute Gasteiger partial charge is 0.480 e. The van der Waals surface area contributed by atoms with E-state index >= 15 is 0 Å². The van der Waals surface area contributed by atoms with Gasteiger partial charge in [-0.15, -0.1) is 0 Å². The minimum atomic E-state index is -1.39. The predicted molar refractivity (Wildman–Crippen MR) is 33.9 cm³/mol. The van der Waals surface area contributed by atoms with Gasteiger partial charge in [0.1, 0.15) is 6.04 Å². The van der Waals surface area contributed by atoms with Crippen molar-refractivity contribution in [1.82, 2.24) is 0 Å². The van der Waals surface area contributed by atoms with Gasteiger partial charge in [-0.2, -0.15) is 0 Å². The molecule has 0 aromatic carbocycles. The molecule has 0 aromatic heterocycles. The highest BCUT2D eigenvalue weighted by atomic mass is 16.4. The minimum Gasteiger partial charge on any atom is -0.480 e. The monoisotopic (exact) mass is 144 g/mol. The lowest BCUT2D eigenvalue weighted by Gasteiger charge is -2.04. The van der Waals surface area contributed by atoms with Gasteiger partial charge >= 0.3 is 5.97 Å². The van der Waals surface area contributed by atoms with Crippen LogP contribution in [0.15, 0.2) is 12.2 Å². The Morgan fingerprint density at radius 3 is 2.00 bits per heavy atom. The number of rotatable bonds is 3. The summed E-state index contributed by atoms with van der Waals surface area (Å²) in [5, 5.41) is 8.21. The van der Waals surface area contributed by atoms with Crippen molar-refractivity contribution < 1.29 is 14.7 Å². The summed E-state index contributed by atoms with van der Waals surface area (Å²) in [6.45, 7) is 3.10. The maximum Gasteiger partial charge on any atom is 0.325 e. The van der Waals surface area contributed by atoms with Crippen molar-refractivity contribution in [2.75, 3.05) is 0 Å². The lowest BCUT2D eigenvalue weighted by Crippen LogP contribution is -2.37. The molecule has 1 amide bonds. The van der Waals surface area contributed by atoms with Crippen LogP contribution in [-0.2, 0) is 9.59 Å². The molecule has 0 spiro atoms. The van der Waals surface area contributed by atoms with Crippen LogP contribution in [-0.4, -0.2) is 23.0 Å². The highest BCUT2D eigenvalue weighted by molar-refractivity contribution is 5.98. The Labute approximate surface area is 57.3 Å². The molecule has 0 bridgehead atoms. The van der Waals surface area contributed by atoms with Gasteiger partial charge in [0.2, 0.25) is 5.91 Å². The fourth-order valence-electron chi connectivity index (χ4n) is 0.302. The van der Waals surface area contributed by atoms with Gasteiger partial charge in [-0.05, 0) is 0 Å². The van der Waals surface area contributed by atoms with Gasteiger partial charge in [0.05, 0.1) is 0 Å². The molecule has 0 fully saturated rings. The number of hydrogen-bond acceptors (Lipinski definition) is 3. The molecule has 1 atom stereocenters. The first-order valence-electron chi connectivity index (χ1n) is 2.43. The molecule has 0 unspecified atom stereocenters. The second-order valence-electron chi connectivity index (χ2n) is 1.71. The normalized spacial score (nSPS) is 12.1. The van der Waals surface area contributed by atoms with Crippen LogP contribution in [0.25, 0.3) is 0 Å². The number of carbonyl (C=O) groups excluding carboxylic acids is 1. The van der Waals surface area contributed by atoms with Gasteiger partial charge in [-0.1, -0.05) is 6.58 Å². The van der Waals surface area contributed by atoms with Crippen molar-refractivity contribution in [1.29, 1.82) is 0 Å². The fraction of sp³-hybridized carbons (Fsp3) is 0.200. The summed E-state index contributed by atoms with van der Waals surface area (Å²) >= 11 is 0. The second kappa shape index (κ2) is 2.98. The van der Waals surface area contributed by atoms with Crippen LogP contribution in [0.1, 0.15) is 0 Å². The van der Waals surface area contributed by atoms with Crippen LogP contribution in [0.2, 0.25) is 0 Å². The molecule has 0 aliphatic rings. The standard InChI is InChI=1S/C5H8N2O3/c1-2(4(7)8)3(6)5(9)10/h3H,1,6H2,(H2,7,8)(H,9,10)/t3-/m0/s1. The summed E-state index contributed by atoms with van der Waals surface area (Å²) < 4.78 is 0. The third kappa shape index (κ3) is 1.87. The molecule has 5 nitrogen and oxygen atoms in total. The van der Waals surface area contributed by atoms with E-state index in [0.29, 0.717) is 0 Å². The lowest BCUT2D eigenvalue weighted by molar-refractivity contribution is -0.138. The number of primary amides is 1. The van der Waals surface area contributed by atoms with Gasteiger partial charge in [0.25, 0.3) is 0 Å². The van der Waals surface area contributed by atoms with Crippen molar-refractivity contribution in [3.63, 3.8) is 0 Å². The number of carbonyl (C=O) groups is 2. The Morgan fingerprint density at radius 1 is 1.50 bits per heavy atom. The van der Waals surface area contributed by atoms with Crippen LogP contribution < -0.4 is 11.5 Å². The molecule has 0 aliphatic heterocycles. The van der Waals surface area contributed by atoms with E-state index in [0.717, 1.165) is 0 Å². The maximum atomic E-state index is 10.2. The van der Waals surface area contributed by atoms with E-state index in [2.05, 4.69) is 6.58 Å². The Kier molecular flexibility index (Phi) is 2.57. The molecule has 5 heteroatoms. The molecular weight excluding hydrogens is 136 g/mol. The molecule has 0 rings (SSSR count). The molecular formula is C5H8N2O3. The first-order valence-corrected chi connectivity index (χ1v) is 2.43. The van der Waals surface area contributed by atoms with Crippen molar-refractivity contribution in [2.45, 2.75) is 6.04 Å². The number of aliphatic carboxylic acids is 1. The molecule has 0 heterocycles. The van der Waals surface area contributed by atoms with Crippen LogP contribution in [0, 0.1) is 0 Å². The molecule has 0 aromatic rings. The minimum absolute atomic E-state index is 0.299. The van der Waals surface area contributed by atoms with Crippen molar-refractivity contribution >= 4 is 11.9 Å². The third-order valence-electron chi connectivity index (χ3n) is 0.958. The summed E-state index contributed by atoms with van der Waals surface area (Å²) in [6, 6.07) is -1.39. The highest BCUT2D eigenvalue weighted by Gasteiger charge is 2.18. The summed E-state index contributed by atoms with van der Waals surface area (Å²) in [7, 11) is 0. The maximum absolute atomic E-state index is 10.2. The molecule has 56 valence electrons. The zero-order valence-electron chi connectivity index (χ0n) is 5.20. The average Bonchev–Trinajstić information content (AvgIpc) is 1.84. The van der Waals surface area contributed by atoms with Crippen molar-refractivity contribution in [3.05, 3.63) is 12.2 Å². The number of nitrogens with two attached hydrogens (primary N) is 2. The topological polar surface area (TPSA) is 106 Å². The molecule has 10 heavy (non-hydrogen) atoms. The summed E-state index contributed by atoms with van der Waals surface area (Å²) in [5.74, 6) is -2.21. The smallest absolute Gasteiger partial charge is 0.325 e. The van der Waals surface area contributed by atoms with Crippen molar-refractivity contribution in [2.24, 2.45) is 11.5 Å². The van der Waals surface area contributed by atoms with Gasteiger partial charge in [0, 0.05) is 5.57 Å². The van der Waals surface area contributed by atoms with Crippen LogP contribution in [0.4, 0.5) is 0 Å². The first-order chi connectivity index (χ1) is 4.46. The summed E-state index contributed by atoms with van der Waals surface area (Å²) in [6.07, 6.45) is 0. The lowest BCUT2D eigenvalue weighted by atomic mass is 10.1. The van der Waals surface area contributed by atoms with E-state index in [1.807, 2.05) is 0 Å². The number of hydrogen-bond donors (Lipinski definition) is 3. The summed E-state index contributed by atoms with van der Waals surface area (Å²) in [4.78, 5) is 20.3. The van der Waals surface area contributed by atoms with E-state index < -0.39 is 17.9 Å². The number of carboxylic acids is 1. The van der Waals surface area contributed by atoms with Crippen LogP contribution in [0.3, 0.4) is 0 Å². The predicted octanol–water partition coefficient (Wildman–Crippen LogP) is -1.56. The zero-order chi connectivity index (χ0) is 8.31. The van der Waals surface area contributed by atoms with Crippen molar-refractivity contribution in [3.8, 4) is 0 Å². The van der Waals surface area contributed by atoms with E-state index in [1.165, 1.54) is 0 Å². The van der Waals surface area contributed by atoms with Gasteiger partial charge in [-0.3, -0.25) is 9.59 Å². The molecule has 5 N–H and O–H groups in total. The molecule has 0 saturated heterocycles. The second-order valence-corrected chi connectivity index (χ2v) is 1.71.